The monoisotopic (exact) mass is 400 g/mol. The zero-order valence-electron chi connectivity index (χ0n) is 17.1. The molecule has 0 spiro atoms. The largest absolute Gasteiger partial charge is 0.508 e. The average molecular weight is 400 g/mol. The van der Waals surface area contributed by atoms with E-state index in [0.29, 0.717) is 23.8 Å². The number of phenols is 1. The summed E-state index contributed by atoms with van der Waals surface area (Å²) < 4.78 is 25.5. The second-order valence-electron chi connectivity index (χ2n) is 8.55. The van der Waals surface area contributed by atoms with Gasteiger partial charge >= 0.3 is 0 Å². The molecule has 2 aromatic carbocycles. The van der Waals surface area contributed by atoms with E-state index in [1.165, 1.54) is 6.42 Å². The third kappa shape index (κ3) is 3.60. The smallest absolute Gasteiger partial charge is 0.211 e. The minimum atomic E-state index is -2.64. The lowest BCUT2D eigenvalue weighted by Gasteiger charge is -2.28. The molecule has 0 saturated heterocycles. The highest BCUT2D eigenvalue weighted by molar-refractivity contribution is 7.57. The van der Waals surface area contributed by atoms with Crippen molar-refractivity contribution in [1.29, 1.82) is 0 Å². The number of aryl methyl sites for hydroxylation is 1. The fourth-order valence-electron chi connectivity index (χ4n) is 4.16. The maximum Gasteiger partial charge on any atom is 0.211 e. The number of hydrogen-bond acceptors (Lipinski definition) is 4. The van der Waals surface area contributed by atoms with Crippen LogP contribution in [0.1, 0.15) is 66.8 Å². The van der Waals surface area contributed by atoms with Crippen molar-refractivity contribution in [3.63, 3.8) is 0 Å². The van der Waals surface area contributed by atoms with Crippen molar-refractivity contribution in [2.24, 2.45) is 0 Å². The van der Waals surface area contributed by atoms with Crippen LogP contribution in [0.3, 0.4) is 0 Å². The summed E-state index contributed by atoms with van der Waals surface area (Å²) >= 11 is 0. The number of aromatic hydroxyl groups is 1. The molecule has 150 valence electrons. The van der Waals surface area contributed by atoms with Crippen LogP contribution in [0, 0.1) is 13.8 Å². The maximum atomic E-state index is 13.3. The van der Waals surface area contributed by atoms with Gasteiger partial charge < -0.3 is 14.4 Å². The Bertz CT molecular complexity index is 960. The lowest BCUT2D eigenvalue weighted by atomic mass is 9.97. The van der Waals surface area contributed by atoms with Gasteiger partial charge in [-0.3, -0.25) is 4.57 Å². The quantitative estimate of drug-likeness (QED) is 0.562. The predicted octanol–water partition coefficient (Wildman–Crippen LogP) is 6.79. The van der Waals surface area contributed by atoms with E-state index >= 15 is 0 Å². The van der Waals surface area contributed by atoms with Crippen LogP contribution < -0.4 is 4.74 Å². The van der Waals surface area contributed by atoms with E-state index in [0.717, 1.165) is 46.4 Å². The molecule has 1 saturated carbocycles. The minimum Gasteiger partial charge on any atom is -0.508 e. The first-order chi connectivity index (χ1) is 13.3. The number of ether oxygens (including phenoxy) is 1. The van der Waals surface area contributed by atoms with E-state index in [1.807, 2.05) is 33.8 Å². The number of hydrogen-bond donors (Lipinski definition) is 1. The van der Waals surface area contributed by atoms with Gasteiger partial charge in [0, 0.05) is 5.56 Å². The number of rotatable bonds is 5. The van der Waals surface area contributed by atoms with Crippen molar-refractivity contribution >= 4 is 7.37 Å². The molecule has 1 aliphatic carbocycles. The van der Waals surface area contributed by atoms with Crippen molar-refractivity contribution in [3.8, 4) is 17.2 Å². The summed E-state index contributed by atoms with van der Waals surface area (Å²) in [7, 11) is -2.64. The third-order valence-corrected chi connectivity index (χ3v) is 8.28. The molecule has 4 nitrogen and oxygen atoms in total. The molecular formula is C23H29O4P. The molecule has 2 aliphatic rings. The average Bonchev–Trinajstić information content (AvgIpc) is 2.93. The summed E-state index contributed by atoms with van der Waals surface area (Å²) in [5, 5.41) is 10.1. The van der Waals surface area contributed by atoms with Crippen LogP contribution in [0.25, 0.3) is 0 Å². The molecule has 1 heterocycles. The molecule has 1 fully saturated rings. The van der Waals surface area contributed by atoms with E-state index in [9.17, 15) is 9.67 Å². The SMILES string of the molecule is Cc1cc2c(c(C)c1Oc1ccc(O)c(C(C)C)c1)CP(=O)(OC1CCC1)C2. The van der Waals surface area contributed by atoms with Crippen molar-refractivity contribution < 1.29 is 18.9 Å². The van der Waals surface area contributed by atoms with Gasteiger partial charge in [-0.05, 0) is 79.5 Å². The predicted molar refractivity (Wildman–Crippen MR) is 112 cm³/mol. The van der Waals surface area contributed by atoms with Crippen molar-refractivity contribution in [3.05, 3.63) is 52.1 Å². The van der Waals surface area contributed by atoms with Crippen molar-refractivity contribution in [2.45, 2.75) is 71.3 Å². The van der Waals surface area contributed by atoms with Crippen LogP contribution >= 0.6 is 7.37 Å². The highest BCUT2D eigenvalue weighted by Crippen LogP contribution is 2.62. The normalized spacial score (nSPS) is 21.6. The van der Waals surface area contributed by atoms with Gasteiger partial charge in [0.1, 0.15) is 17.2 Å². The van der Waals surface area contributed by atoms with Gasteiger partial charge in [-0.15, -0.1) is 0 Å². The van der Waals surface area contributed by atoms with Crippen LogP contribution in [0.15, 0.2) is 24.3 Å². The topological polar surface area (TPSA) is 55.8 Å². The van der Waals surface area contributed by atoms with Gasteiger partial charge in [0.05, 0.1) is 18.4 Å². The van der Waals surface area contributed by atoms with Gasteiger partial charge in [0.15, 0.2) is 0 Å². The summed E-state index contributed by atoms with van der Waals surface area (Å²) in [6, 6.07) is 7.48. The van der Waals surface area contributed by atoms with Gasteiger partial charge in [-0.25, -0.2) is 0 Å². The highest BCUT2D eigenvalue weighted by atomic mass is 31.2. The Balaban J connectivity index is 1.62. The first-order valence-electron chi connectivity index (χ1n) is 10.1. The molecule has 0 amide bonds. The van der Waals surface area contributed by atoms with E-state index in [-0.39, 0.29) is 12.0 Å². The fraction of sp³-hybridized carbons (Fsp3) is 0.478. The van der Waals surface area contributed by atoms with E-state index in [2.05, 4.69) is 6.07 Å². The summed E-state index contributed by atoms with van der Waals surface area (Å²) in [5.74, 6) is 2.02. The Hall–Kier alpha value is -1.77. The van der Waals surface area contributed by atoms with Crippen LogP contribution in [0.2, 0.25) is 0 Å². The molecule has 1 N–H and O–H groups in total. The van der Waals surface area contributed by atoms with E-state index < -0.39 is 7.37 Å². The van der Waals surface area contributed by atoms with Crippen molar-refractivity contribution in [1.82, 2.24) is 0 Å². The van der Waals surface area contributed by atoms with Gasteiger partial charge in [0.25, 0.3) is 0 Å². The Morgan fingerprint density at radius 2 is 1.89 bits per heavy atom. The molecule has 28 heavy (non-hydrogen) atoms. The lowest BCUT2D eigenvalue weighted by Crippen LogP contribution is -2.20. The first-order valence-corrected chi connectivity index (χ1v) is 12.1. The molecule has 1 unspecified atom stereocenters. The van der Waals surface area contributed by atoms with Gasteiger partial charge in [-0.1, -0.05) is 19.9 Å². The first kappa shape index (κ1) is 19.5. The second-order valence-corrected chi connectivity index (χ2v) is 11.0. The Morgan fingerprint density at radius 3 is 2.54 bits per heavy atom. The zero-order valence-corrected chi connectivity index (χ0v) is 18.0. The summed E-state index contributed by atoms with van der Waals surface area (Å²) in [5.41, 5.74) is 5.20. The number of benzene rings is 2. The molecular weight excluding hydrogens is 371 g/mol. The zero-order chi connectivity index (χ0) is 20.1. The molecule has 4 rings (SSSR count). The summed E-state index contributed by atoms with van der Waals surface area (Å²) in [6.07, 6.45) is 4.48. The Labute approximate surface area is 167 Å². The second kappa shape index (κ2) is 7.24. The van der Waals surface area contributed by atoms with Gasteiger partial charge in [0.2, 0.25) is 7.37 Å². The van der Waals surface area contributed by atoms with E-state index in [1.54, 1.807) is 12.1 Å². The number of fused-ring (bicyclic) bond motifs is 1. The van der Waals surface area contributed by atoms with Crippen LogP contribution in [-0.4, -0.2) is 11.2 Å². The maximum absolute atomic E-state index is 13.3. The molecule has 1 aliphatic heterocycles. The third-order valence-electron chi connectivity index (χ3n) is 5.97. The molecule has 0 radical (unpaired) electrons. The van der Waals surface area contributed by atoms with E-state index in [4.69, 9.17) is 9.26 Å². The van der Waals surface area contributed by atoms with Crippen LogP contribution in [-0.2, 0) is 21.4 Å². The Kier molecular flexibility index (Phi) is 5.05. The molecule has 0 aromatic heterocycles. The lowest BCUT2D eigenvalue weighted by molar-refractivity contribution is 0.123. The number of phenolic OH excluding ortho intramolecular Hbond substituents is 1. The molecule has 0 bridgehead atoms. The van der Waals surface area contributed by atoms with Crippen molar-refractivity contribution in [2.75, 3.05) is 0 Å². The van der Waals surface area contributed by atoms with Gasteiger partial charge in [-0.2, -0.15) is 0 Å². The summed E-state index contributed by atoms with van der Waals surface area (Å²) in [4.78, 5) is 0. The fourth-order valence-corrected chi connectivity index (χ4v) is 6.90. The van der Waals surface area contributed by atoms with Crippen LogP contribution in [0.5, 0.6) is 17.2 Å². The summed E-state index contributed by atoms with van der Waals surface area (Å²) in [6.45, 7) is 8.17. The molecule has 2 aromatic rings. The highest BCUT2D eigenvalue weighted by Gasteiger charge is 2.38. The standard InChI is InChI=1S/C23H29O4P/c1-14(2)20-11-19(8-9-22(20)24)26-23-15(3)10-17-12-28(25,13-21(17)16(23)4)27-18-6-5-7-18/h8-11,14,18,24H,5-7,12-13H2,1-4H3. The molecule has 5 heteroatoms. The minimum absolute atomic E-state index is 0.184. The van der Waals surface area contributed by atoms with Crippen LogP contribution in [0.4, 0.5) is 0 Å². The Morgan fingerprint density at radius 1 is 1.14 bits per heavy atom. The molecule has 1 atom stereocenters.